The van der Waals surface area contributed by atoms with Crippen molar-refractivity contribution in [2.24, 2.45) is 0 Å². The molecule has 0 unspecified atom stereocenters. The van der Waals surface area contributed by atoms with Crippen molar-refractivity contribution in [1.29, 1.82) is 0 Å². The number of aromatic nitrogens is 1. The molecule has 4 aromatic rings. The lowest BCUT2D eigenvalue weighted by Crippen LogP contribution is -2.31. The van der Waals surface area contributed by atoms with Crippen molar-refractivity contribution < 1.29 is 28.6 Å². The van der Waals surface area contributed by atoms with E-state index in [0.29, 0.717) is 32.9 Å². The third kappa shape index (κ3) is 3.68. The molecule has 0 bridgehead atoms. The number of ketones is 2. The third-order valence-corrected chi connectivity index (χ3v) is 7.37. The highest BCUT2D eigenvalue weighted by Crippen LogP contribution is 2.44. The first kappa shape index (κ1) is 23.5. The minimum absolute atomic E-state index is 0.0393. The van der Waals surface area contributed by atoms with Gasteiger partial charge >= 0.3 is 0 Å². The number of fused-ring (bicyclic) bond motifs is 1. The number of carbonyl (C=O) groups is 3. The van der Waals surface area contributed by atoms with Gasteiger partial charge in [0.1, 0.15) is 0 Å². The number of anilines is 1. The van der Waals surface area contributed by atoms with Gasteiger partial charge in [-0.05, 0) is 31.5 Å². The summed E-state index contributed by atoms with van der Waals surface area (Å²) in [6.45, 7) is 5.03. The van der Waals surface area contributed by atoms with E-state index in [-0.39, 0.29) is 22.2 Å². The van der Waals surface area contributed by atoms with E-state index in [4.69, 9.17) is 9.15 Å². The van der Waals surface area contributed by atoms with Gasteiger partial charge in [0.25, 0.3) is 5.91 Å². The first-order chi connectivity index (χ1) is 17.2. The fraction of sp³-hybridized carbons (Fsp3) is 0.185. The van der Waals surface area contributed by atoms with Crippen LogP contribution in [0.1, 0.15) is 50.0 Å². The van der Waals surface area contributed by atoms with Crippen molar-refractivity contribution in [2.45, 2.75) is 26.8 Å². The number of aryl methyl sites for hydroxylation is 2. The van der Waals surface area contributed by atoms with E-state index >= 15 is 0 Å². The zero-order valence-corrected chi connectivity index (χ0v) is 20.8. The van der Waals surface area contributed by atoms with Gasteiger partial charge in [-0.3, -0.25) is 19.3 Å². The lowest BCUT2D eigenvalue weighted by Gasteiger charge is -2.24. The number of furan rings is 1. The Balaban J connectivity index is 1.66. The number of hydrogen-bond donors (Lipinski definition) is 1. The van der Waals surface area contributed by atoms with E-state index in [9.17, 15) is 19.5 Å². The monoisotopic (exact) mass is 502 g/mol. The molecule has 36 heavy (non-hydrogen) atoms. The van der Waals surface area contributed by atoms with Gasteiger partial charge in [0.15, 0.2) is 33.8 Å². The largest absolute Gasteiger partial charge is 0.503 e. The van der Waals surface area contributed by atoms with Gasteiger partial charge in [-0.2, -0.15) is 0 Å². The standard InChI is InChI=1S/C27H22N2O6S/c1-13-8-10-16(11-9-13)21-20(22(31)19-12-17-6-5-7-18(34-4)24(17)35-19)23(32)26(33)29(21)27-28-14(2)25(36-27)15(3)30/h5-12,21,32H,1-4H3/t21-/m0/s1. The molecule has 1 N–H and O–H groups in total. The lowest BCUT2D eigenvalue weighted by molar-refractivity contribution is -0.117. The van der Waals surface area contributed by atoms with Gasteiger partial charge in [-0.25, -0.2) is 4.98 Å². The SMILES string of the molecule is COc1cccc2cc(C(=O)C3=C(O)C(=O)N(c4nc(C)c(C(C)=O)s4)[C@H]3c3ccc(C)cc3)oc12. The third-order valence-electron chi connectivity index (χ3n) is 6.11. The second-order valence-electron chi connectivity index (χ2n) is 8.54. The normalized spacial score (nSPS) is 15.7. The molecule has 3 heterocycles. The number of ether oxygens (including phenoxy) is 1. The zero-order chi connectivity index (χ0) is 25.7. The molecule has 182 valence electrons. The number of Topliss-reactive ketones (excluding diaryl/α,β-unsaturated/α-hetero) is 2. The smallest absolute Gasteiger partial charge is 0.296 e. The molecule has 1 aliphatic heterocycles. The van der Waals surface area contributed by atoms with Crippen LogP contribution in [0.25, 0.3) is 11.0 Å². The molecule has 8 nitrogen and oxygen atoms in total. The Labute approximate surface area is 210 Å². The summed E-state index contributed by atoms with van der Waals surface area (Å²) in [7, 11) is 1.50. The summed E-state index contributed by atoms with van der Waals surface area (Å²) in [5.74, 6) is -1.86. The number of methoxy groups -OCH3 is 1. The van der Waals surface area contributed by atoms with Crippen LogP contribution in [-0.4, -0.2) is 34.7 Å². The quantitative estimate of drug-likeness (QED) is 0.347. The average molecular weight is 503 g/mol. The number of benzene rings is 2. The molecule has 0 aliphatic carbocycles. The second kappa shape index (κ2) is 8.76. The van der Waals surface area contributed by atoms with Gasteiger partial charge in [0.2, 0.25) is 5.78 Å². The first-order valence-corrected chi connectivity index (χ1v) is 12.0. The predicted molar refractivity (Wildman–Crippen MR) is 135 cm³/mol. The van der Waals surface area contributed by atoms with Crippen molar-refractivity contribution >= 4 is 44.9 Å². The molecular weight excluding hydrogens is 480 g/mol. The van der Waals surface area contributed by atoms with Crippen molar-refractivity contribution in [3.05, 3.63) is 87.3 Å². The topological polar surface area (TPSA) is 110 Å². The molecule has 1 amide bonds. The van der Waals surface area contributed by atoms with E-state index < -0.39 is 23.5 Å². The van der Waals surface area contributed by atoms with Crippen LogP contribution in [0, 0.1) is 13.8 Å². The van der Waals surface area contributed by atoms with Crippen LogP contribution in [0.4, 0.5) is 5.13 Å². The molecule has 2 aromatic carbocycles. The minimum atomic E-state index is -0.967. The summed E-state index contributed by atoms with van der Waals surface area (Å²) in [4.78, 5) is 45.3. The van der Waals surface area contributed by atoms with Gasteiger partial charge in [-0.1, -0.05) is 53.3 Å². The molecule has 5 rings (SSSR count). The van der Waals surface area contributed by atoms with Crippen LogP contribution in [0.15, 0.2) is 64.3 Å². The van der Waals surface area contributed by atoms with Crippen molar-refractivity contribution in [3.8, 4) is 5.75 Å². The van der Waals surface area contributed by atoms with Gasteiger partial charge in [-0.15, -0.1) is 0 Å². The summed E-state index contributed by atoms with van der Waals surface area (Å²) in [6.07, 6.45) is 0. The maximum Gasteiger partial charge on any atom is 0.296 e. The molecule has 0 saturated heterocycles. The fourth-order valence-electron chi connectivity index (χ4n) is 4.35. The van der Waals surface area contributed by atoms with Crippen molar-refractivity contribution in [1.82, 2.24) is 4.98 Å². The van der Waals surface area contributed by atoms with Gasteiger partial charge < -0.3 is 14.3 Å². The summed E-state index contributed by atoms with van der Waals surface area (Å²) in [5, 5.41) is 11.8. The summed E-state index contributed by atoms with van der Waals surface area (Å²) in [6, 6.07) is 13.1. The number of para-hydroxylation sites is 1. The number of aliphatic hydroxyl groups excluding tert-OH is 1. The molecule has 0 saturated carbocycles. The Kier molecular flexibility index (Phi) is 5.72. The number of carbonyl (C=O) groups excluding carboxylic acids is 3. The Bertz CT molecular complexity index is 1580. The molecule has 1 atom stereocenters. The highest BCUT2D eigenvalue weighted by atomic mass is 32.1. The molecular formula is C27H22N2O6S. The highest BCUT2D eigenvalue weighted by Gasteiger charge is 2.46. The van der Waals surface area contributed by atoms with Crippen LogP contribution in [0.5, 0.6) is 5.75 Å². The number of aliphatic hydroxyl groups is 1. The van der Waals surface area contributed by atoms with E-state index in [2.05, 4.69) is 4.98 Å². The minimum Gasteiger partial charge on any atom is -0.503 e. The molecule has 2 aromatic heterocycles. The lowest BCUT2D eigenvalue weighted by atomic mass is 9.94. The van der Waals surface area contributed by atoms with Crippen molar-refractivity contribution in [3.63, 3.8) is 0 Å². The number of rotatable bonds is 6. The molecule has 9 heteroatoms. The Morgan fingerprint density at radius 1 is 1.14 bits per heavy atom. The first-order valence-electron chi connectivity index (χ1n) is 11.1. The summed E-state index contributed by atoms with van der Waals surface area (Å²) in [5.41, 5.74) is 2.33. The Morgan fingerprint density at radius 2 is 1.86 bits per heavy atom. The predicted octanol–water partition coefficient (Wildman–Crippen LogP) is 5.50. The van der Waals surface area contributed by atoms with Crippen molar-refractivity contribution in [2.75, 3.05) is 12.0 Å². The van der Waals surface area contributed by atoms with Gasteiger partial charge in [0, 0.05) is 12.3 Å². The average Bonchev–Trinajstić information content (AvgIpc) is 3.53. The number of thiazole rings is 1. The highest BCUT2D eigenvalue weighted by molar-refractivity contribution is 7.17. The number of hydrogen-bond acceptors (Lipinski definition) is 8. The second-order valence-corrected chi connectivity index (χ2v) is 9.51. The Hall–Kier alpha value is -4.24. The van der Waals surface area contributed by atoms with Crippen LogP contribution in [-0.2, 0) is 4.79 Å². The maximum atomic E-state index is 13.8. The Morgan fingerprint density at radius 3 is 2.50 bits per heavy atom. The van der Waals surface area contributed by atoms with E-state index in [1.165, 1.54) is 18.9 Å². The maximum absolute atomic E-state index is 13.8. The summed E-state index contributed by atoms with van der Waals surface area (Å²) >= 11 is 1.05. The van der Waals surface area contributed by atoms with E-state index in [1.807, 2.05) is 19.1 Å². The fourth-order valence-corrected chi connectivity index (χ4v) is 5.34. The van der Waals surface area contributed by atoms with Crippen LogP contribution >= 0.6 is 11.3 Å². The molecule has 0 spiro atoms. The molecule has 0 fully saturated rings. The zero-order valence-electron chi connectivity index (χ0n) is 20.0. The number of nitrogens with zero attached hydrogens (tertiary/aromatic N) is 2. The summed E-state index contributed by atoms with van der Waals surface area (Å²) < 4.78 is 11.2. The van der Waals surface area contributed by atoms with E-state index in [1.54, 1.807) is 43.3 Å². The van der Waals surface area contributed by atoms with Crippen LogP contribution < -0.4 is 9.64 Å². The van der Waals surface area contributed by atoms with E-state index in [0.717, 1.165) is 16.9 Å². The van der Waals surface area contributed by atoms with Gasteiger partial charge in [0.05, 0.1) is 29.3 Å². The van der Waals surface area contributed by atoms with Crippen LogP contribution in [0.3, 0.4) is 0 Å². The van der Waals surface area contributed by atoms with Crippen LogP contribution in [0.2, 0.25) is 0 Å². The molecule has 1 aliphatic rings. The molecule has 0 radical (unpaired) electrons. The number of amides is 1.